The number of halogens is 4. The SMILES string of the molecule is CC(C)(OCC(=O)NC12CC(NC(=O)COc3ccc(Cl)cc3)(C1)C2)C(F)(F)F. The van der Waals surface area contributed by atoms with Crippen LogP contribution in [0.3, 0.4) is 0 Å². The van der Waals surface area contributed by atoms with Crippen LogP contribution in [-0.4, -0.2) is 47.9 Å². The Morgan fingerprint density at radius 2 is 1.48 bits per heavy atom. The van der Waals surface area contributed by atoms with Gasteiger partial charge in [-0.05, 0) is 57.4 Å². The Hall–Kier alpha value is -2.00. The van der Waals surface area contributed by atoms with Crippen molar-refractivity contribution in [1.82, 2.24) is 10.6 Å². The molecule has 0 spiro atoms. The number of alkyl halides is 3. The van der Waals surface area contributed by atoms with Crippen molar-refractivity contribution in [3.63, 3.8) is 0 Å². The van der Waals surface area contributed by atoms with Gasteiger partial charge >= 0.3 is 6.18 Å². The summed E-state index contributed by atoms with van der Waals surface area (Å²) < 4.78 is 48.4. The molecule has 0 saturated heterocycles. The average molecular weight is 435 g/mol. The second-order valence-electron chi connectivity index (χ2n) is 8.23. The molecule has 0 radical (unpaired) electrons. The quantitative estimate of drug-likeness (QED) is 0.659. The molecule has 3 fully saturated rings. The molecule has 3 aliphatic carbocycles. The second-order valence-corrected chi connectivity index (χ2v) is 8.66. The Bertz CT molecular complexity index is 776. The number of ether oxygens (including phenoxy) is 2. The summed E-state index contributed by atoms with van der Waals surface area (Å²) in [5.41, 5.74) is -3.27. The van der Waals surface area contributed by atoms with Gasteiger partial charge in [-0.3, -0.25) is 9.59 Å². The first-order valence-corrected chi connectivity index (χ1v) is 9.43. The minimum atomic E-state index is -4.56. The summed E-state index contributed by atoms with van der Waals surface area (Å²) in [6, 6.07) is 6.62. The van der Waals surface area contributed by atoms with E-state index in [2.05, 4.69) is 10.6 Å². The van der Waals surface area contributed by atoms with E-state index in [9.17, 15) is 22.8 Å². The Balaban J connectivity index is 1.37. The second kappa shape index (κ2) is 7.36. The molecule has 3 saturated carbocycles. The molecule has 0 aromatic heterocycles. The zero-order chi connectivity index (χ0) is 21.5. The molecular weight excluding hydrogens is 413 g/mol. The number of hydrogen-bond acceptors (Lipinski definition) is 4. The van der Waals surface area contributed by atoms with Crippen LogP contribution in [-0.2, 0) is 14.3 Å². The third-order valence-electron chi connectivity index (χ3n) is 5.27. The number of benzene rings is 1. The van der Waals surface area contributed by atoms with E-state index in [0.717, 1.165) is 13.8 Å². The van der Waals surface area contributed by atoms with E-state index in [1.807, 2.05) is 0 Å². The van der Waals surface area contributed by atoms with Gasteiger partial charge in [0.05, 0.1) is 0 Å². The molecule has 0 heterocycles. The molecule has 3 aliphatic rings. The molecule has 0 atom stereocenters. The van der Waals surface area contributed by atoms with Gasteiger partial charge in [0.25, 0.3) is 5.91 Å². The van der Waals surface area contributed by atoms with Gasteiger partial charge in [0.2, 0.25) is 5.91 Å². The summed E-state index contributed by atoms with van der Waals surface area (Å²) in [7, 11) is 0. The smallest absolute Gasteiger partial charge is 0.416 e. The maximum atomic E-state index is 12.8. The summed E-state index contributed by atoms with van der Waals surface area (Å²) in [6.45, 7) is 0.918. The summed E-state index contributed by atoms with van der Waals surface area (Å²) >= 11 is 5.78. The van der Waals surface area contributed by atoms with E-state index in [-0.39, 0.29) is 18.1 Å². The Kier molecular flexibility index (Phi) is 5.51. The van der Waals surface area contributed by atoms with E-state index >= 15 is 0 Å². The highest BCUT2D eigenvalue weighted by atomic mass is 35.5. The van der Waals surface area contributed by atoms with E-state index < -0.39 is 29.8 Å². The number of amides is 2. The number of carbonyl (C=O) groups excluding carboxylic acids is 2. The Labute approximate surface area is 171 Å². The van der Waals surface area contributed by atoms with Gasteiger partial charge in [0, 0.05) is 16.1 Å². The van der Waals surface area contributed by atoms with Gasteiger partial charge in [-0.1, -0.05) is 11.6 Å². The van der Waals surface area contributed by atoms with Crippen LogP contribution in [0.1, 0.15) is 33.1 Å². The number of hydrogen-bond donors (Lipinski definition) is 2. The standard InChI is InChI=1S/C19H22ClF3N2O4/c1-16(2,19(21,22)23)29-8-15(27)25-18-9-17(10-18,11-18)24-14(26)7-28-13-5-3-12(20)4-6-13/h3-6H,7-11H2,1-2H3,(H,24,26)(H,25,27). The topological polar surface area (TPSA) is 76.7 Å². The monoisotopic (exact) mass is 434 g/mol. The van der Waals surface area contributed by atoms with E-state index in [4.69, 9.17) is 21.1 Å². The minimum absolute atomic E-state index is 0.150. The van der Waals surface area contributed by atoms with Crippen LogP contribution in [0.5, 0.6) is 5.75 Å². The first kappa shape index (κ1) is 21.7. The third-order valence-corrected chi connectivity index (χ3v) is 5.52. The maximum Gasteiger partial charge on any atom is 0.416 e. The van der Waals surface area contributed by atoms with Gasteiger partial charge in [-0.2, -0.15) is 13.2 Å². The van der Waals surface area contributed by atoms with Crippen LogP contribution < -0.4 is 15.4 Å². The van der Waals surface area contributed by atoms with E-state index in [1.54, 1.807) is 24.3 Å². The van der Waals surface area contributed by atoms with Gasteiger partial charge in [-0.25, -0.2) is 0 Å². The van der Waals surface area contributed by atoms with Crippen molar-refractivity contribution in [1.29, 1.82) is 0 Å². The van der Waals surface area contributed by atoms with Crippen LogP contribution in [0.2, 0.25) is 5.02 Å². The molecule has 1 aromatic rings. The highest BCUT2D eigenvalue weighted by molar-refractivity contribution is 6.30. The molecule has 4 rings (SSSR count). The molecule has 2 bridgehead atoms. The number of rotatable bonds is 8. The predicted molar refractivity (Wildman–Crippen MR) is 98.6 cm³/mol. The highest BCUT2D eigenvalue weighted by Gasteiger charge is 2.69. The van der Waals surface area contributed by atoms with Crippen LogP contribution >= 0.6 is 11.6 Å². The Morgan fingerprint density at radius 3 is 1.97 bits per heavy atom. The van der Waals surface area contributed by atoms with Crippen LogP contribution in [0, 0.1) is 0 Å². The minimum Gasteiger partial charge on any atom is -0.484 e. The molecule has 29 heavy (non-hydrogen) atoms. The molecule has 0 unspecified atom stereocenters. The van der Waals surface area contributed by atoms with Gasteiger partial charge in [0.1, 0.15) is 12.4 Å². The van der Waals surface area contributed by atoms with Crippen molar-refractivity contribution in [2.75, 3.05) is 13.2 Å². The predicted octanol–water partition coefficient (Wildman–Crippen LogP) is 2.98. The van der Waals surface area contributed by atoms with Crippen molar-refractivity contribution >= 4 is 23.4 Å². The number of carbonyl (C=O) groups is 2. The van der Waals surface area contributed by atoms with Crippen molar-refractivity contribution in [3.8, 4) is 5.75 Å². The first-order valence-electron chi connectivity index (χ1n) is 9.05. The zero-order valence-corrected chi connectivity index (χ0v) is 16.7. The van der Waals surface area contributed by atoms with Gasteiger partial charge < -0.3 is 20.1 Å². The van der Waals surface area contributed by atoms with Crippen molar-refractivity contribution in [2.45, 2.75) is 56.0 Å². The fourth-order valence-electron chi connectivity index (χ4n) is 3.72. The zero-order valence-electron chi connectivity index (χ0n) is 16.0. The lowest BCUT2D eigenvalue weighted by atomic mass is 9.44. The van der Waals surface area contributed by atoms with Crippen LogP contribution in [0.25, 0.3) is 0 Å². The molecule has 10 heteroatoms. The fraction of sp³-hybridized carbons (Fsp3) is 0.579. The lowest BCUT2D eigenvalue weighted by Crippen LogP contribution is -2.84. The summed E-state index contributed by atoms with van der Waals surface area (Å²) in [5.74, 6) is -0.365. The van der Waals surface area contributed by atoms with Gasteiger partial charge in [-0.15, -0.1) is 0 Å². The summed E-state index contributed by atoms with van der Waals surface area (Å²) in [6.07, 6.45) is -2.98. The molecular formula is C19H22ClF3N2O4. The molecule has 1 aromatic carbocycles. The molecule has 6 nitrogen and oxygen atoms in total. The third kappa shape index (κ3) is 4.78. The van der Waals surface area contributed by atoms with E-state index in [0.29, 0.717) is 30.0 Å². The molecule has 0 aliphatic heterocycles. The molecule has 2 N–H and O–H groups in total. The fourth-order valence-corrected chi connectivity index (χ4v) is 3.85. The largest absolute Gasteiger partial charge is 0.484 e. The first-order chi connectivity index (χ1) is 13.3. The highest BCUT2D eigenvalue weighted by Crippen LogP contribution is 2.60. The van der Waals surface area contributed by atoms with Crippen molar-refractivity contribution in [2.24, 2.45) is 0 Å². The maximum absolute atomic E-state index is 12.8. The average Bonchev–Trinajstić information content (AvgIpc) is 2.55. The Morgan fingerprint density at radius 1 is 1.00 bits per heavy atom. The molecule has 2 amide bonds. The summed E-state index contributed by atoms with van der Waals surface area (Å²) in [4.78, 5) is 24.0. The van der Waals surface area contributed by atoms with Crippen molar-refractivity contribution in [3.05, 3.63) is 29.3 Å². The lowest BCUT2D eigenvalue weighted by molar-refractivity contribution is -0.262. The number of nitrogens with one attached hydrogen (secondary N) is 2. The van der Waals surface area contributed by atoms with E-state index in [1.165, 1.54) is 0 Å². The van der Waals surface area contributed by atoms with Crippen LogP contribution in [0.15, 0.2) is 24.3 Å². The normalized spacial score (nSPS) is 25.4. The van der Waals surface area contributed by atoms with Crippen molar-refractivity contribution < 1.29 is 32.2 Å². The lowest BCUT2D eigenvalue weighted by Gasteiger charge is -2.70. The van der Waals surface area contributed by atoms with Gasteiger partial charge in [0.15, 0.2) is 12.2 Å². The van der Waals surface area contributed by atoms with Crippen LogP contribution in [0.4, 0.5) is 13.2 Å². The molecule has 160 valence electrons. The summed E-state index contributed by atoms with van der Waals surface area (Å²) in [5, 5.41) is 6.18.